The van der Waals surface area contributed by atoms with Gasteiger partial charge in [-0.25, -0.2) is 0 Å². The molecule has 0 saturated carbocycles. The number of rotatable bonds is 4. The second-order valence-electron chi connectivity index (χ2n) is 8.01. The van der Waals surface area contributed by atoms with Gasteiger partial charge in [-0.15, -0.1) is 0 Å². The number of amides is 1. The van der Waals surface area contributed by atoms with Crippen LogP contribution in [0.2, 0.25) is 5.02 Å². The lowest BCUT2D eigenvalue weighted by atomic mass is 10.1. The Labute approximate surface area is 201 Å². The van der Waals surface area contributed by atoms with Gasteiger partial charge in [0.15, 0.2) is 11.5 Å². The first-order chi connectivity index (χ1) is 16.5. The fraction of sp³-hybridized carbons (Fsp3) is 0.200. The summed E-state index contributed by atoms with van der Waals surface area (Å²) in [6, 6.07) is 18.7. The lowest BCUT2D eigenvalue weighted by Crippen LogP contribution is -2.49. The number of nitriles is 1. The van der Waals surface area contributed by atoms with E-state index >= 15 is 0 Å². The molecule has 1 fully saturated rings. The van der Waals surface area contributed by atoms with E-state index in [1.807, 2.05) is 48.2 Å². The predicted molar refractivity (Wildman–Crippen MR) is 126 cm³/mol. The lowest BCUT2D eigenvalue weighted by molar-refractivity contribution is 0.0735. The molecule has 4 aromatic rings. The highest BCUT2D eigenvalue weighted by Crippen LogP contribution is 2.29. The summed E-state index contributed by atoms with van der Waals surface area (Å²) in [6.07, 6.45) is 0. The summed E-state index contributed by atoms with van der Waals surface area (Å²) in [6.45, 7) is 3.92. The number of carbonyl (C=O) groups is 1. The highest BCUT2D eigenvalue weighted by atomic mass is 35.5. The van der Waals surface area contributed by atoms with Crippen LogP contribution in [0.4, 0.5) is 5.88 Å². The third-order valence-electron chi connectivity index (χ3n) is 5.73. The molecule has 1 aliphatic heterocycles. The minimum atomic E-state index is -0.206. The van der Waals surface area contributed by atoms with Crippen LogP contribution in [0.25, 0.3) is 22.8 Å². The van der Waals surface area contributed by atoms with Crippen LogP contribution < -0.4 is 4.90 Å². The number of benzene rings is 2. The number of hydrogen-bond acceptors (Lipinski definition) is 7. The number of halogens is 1. The van der Waals surface area contributed by atoms with Crippen LogP contribution in [0.15, 0.2) is 63.5 Å². The Bertz CT molecular complexity index is 1360. The highest BCUT2D eigenvalue weighted by molar-refractivity contribution is 6.30. The summed E-state index contributed by atoms with van der Waals surface area (Å²) in [5.74, 6) is 1.13. The van der Waals surface area contributed by atoms with Gasteiger partial charge in [0.25, 0.3) is 5.91 Å². The van der Waals surface area contributed by atoms with E-state index in [-0.39, 0.29) is 17.3 Å². The van der Waals surface area contributed by atoms with E-state index in [0.717, 1.165) is 16.7 Å². The second kappa shape index (κ2) is 9.04. The van der Waals surface area contributed by atoms with Crippen LogP contribution in [0.5, 0.6) is 0 Å². The fourth-order valence-corrected chi connectivity index (χ4v) is 3.95. The van der Waals surface area contributed by atoms with Gasteiger partial charge < -0.3 is 18.7 Å². The summed E-state index contributed by atoms with van der Waals surface area (Å²) in [4.78, 5) is 21.0. The van der Waals surface area contributed by atoms with Crippen LogP contribution in [-0.4, -0.2) is 47.1 Å². The Morgan fingerprint density at radius 3 is 2.38 bits per heavy atom. The summed E-state index contributed by atoms with van der Waals surface area (Å²) < 4.78 is 11.3. The molecule has 8 nitrogen and oxygen atoms in total. The van der Waals surface area contributed by atoms with Crippen molar-refractivity contribution in [3.8, 4) is 28.8 Å². The standard InChI is InChI=1S/C25H20ClN5O3/c1-16-2-4-18(5-3-16)23-28-21(15-27)25(33-23)31-12-10-30(11-13-31)24(32)20-14-22(34-29-20)17-6-8-19(26)9-7-17/h2-9,14H,10-13H2,1H3. The summed E-state index contributed by atoms with van der Waals surface area (Å²) in [5, 5.41) is 14.1. The third kappa shape index (κ3) is 4.26. The first kappa shape index (κ1) is 21.7. The Morgan fingerprint density at radius 2 is 1.71 bits per heavy atom. The van der Waals surface area contributed by atoms with E-state index < -0.39 is 0 Å². The maximum atomic E-state index is 13.0. The first-order valence-corrected chi connectivity index (χ1v) is 11.1. The summed E-state index contributed by atoms with van der Waals surface area (Å²) in [7, 11) is 0. The molecule has 1 amide bonds. The molecule has 1 aliphatic rings. The van der Waals surface area contributed by atoms with Gasteiger partial charge in [-0.05, 0) is 43.3 Å². The van der Waals surface area contributed by atoms with Gasteiger partial charge in [0, 0.05) is 48.4 Å². The Balaban J connectivity index is 1.27. The van der Waals surface area contributed by atoms with Gasteiger partial charge in [0.05, 0.1) is 0 Å². The number of anilines is 1. The van der Waals surface area contributed by atoms with Crippen LogP contribution in [0, 0.1) is 18.3 Å². The van der Waals surface area contributed by atoms with Crippen LogP contribution in [0.1, 0.15) is 21.7 Å². The van der Waals surface area contributed by atoms with Gasteiger partial charge in [0.2, 0.25) is 17.5 Å². The highest BCUT2D eigenvalue weighted by Gasteiger charge is 2.28. The van der Waals surface area contributed by atoms with E-state index in [0.29, 0.717) is 48.7 Å². The molecule has 0 radical (unpaired) electrons. The maximum absolute atomic E-state index is 13.0. The number of oxazole rings is 1. The van der Waals surface area contributed by atoms with Crippen molar-refractivity contribution in [3.05, 3.63) is 76.6 Å². The van der Waals surface area contributed by atoms with Crippen molar-refractivity contribution in [1.29, 1.82) is 5.26 Å². The molecule has 0 aliphatic carbocycles. The molecule has 0 atom stereocenters. The molecule has 0 spiro atoms. The zero-order chi connectivity index (χ0) is 23.7. The zero-order valence-corrected chi connectivity index (χ0v) is 19.1. The van der Waals surface area contributed by atoms with Crippen LogP contribution in [0.3, 0.4) is 0 Å². The van der Waals surface area contributed by atoms with Crippen molar-refractivity contribution < 1.29 is 13.7 Å². The van der Waals surface area contributed by atoms with Gasteiger partial charge in [-0.2, -0.15) is 10.2 Å². The Kier molecular flexibility index (Phi) is 5.78. The molecule has 5 rings (SSSR count). The first-order valence-electron chi connectivity index (χ1n) is 10.8. The number of nitrogens with zero attached hydrogens (tertiary/aromatic N) is 5. The molecule has 34 heavy (non-hydrogen) atoms. The lowest BCUT2D eigenvalue weighted by Gasteiger charge is -2.34. The van der Waals surface area contributed by atoms with Gasteiger partial charge in [-0.1, -0.05) is 34.5 Å². The SMILES string of the molecule is Cc1ccc(-c2nc(C#N)c(N3CCN(C(=O)c4cc(-c5ccc(Cl)cc5)on4)CC3)o2)cc1. The van der Waals surface area contributed by atoms with E-state index in [1.54, 1.807) is 23.1 Å². The maximum Gasteiger partial charge on any atom is 0.276 e. The molecule has 2 aromatic heterocycles. The zero-order valence-electron chi connectivity index (χ0n) is 18.4. The second-order valence-corrected chi connectivity index (χ2v) is 8.45. The predicted octanol–water partition coefficient (Wildman–Crippen LogP) is 4.79. The molecule has 0 N–H and O–H groups in total. The number of aromatic nitrogens is 2. The largest absolute Gasteiger partial charge is 0.419 e. The monoisotopic (exact) mass is 473 g/mol. The van der Waals surface area contributed by atoms with Crippen LogP contribution >= 0.6 is 11.6 Å². The van der Waals surface area contributed by atoms with E-state index in [1.165, 1.54) is 0 Å². The van der Waals surface area contributed by atoms with Crippen molar-refractivity contribution in [3.63, 3.8) is 0 Å². The quantitative estimate of drug-likeness (QED) is 0.420. The molecule has 3 heterocycles. The third-order valence-corrected chi connectivity index (χ3v) is 5.98. The number of hydrogen-bond donors (Lipinski definition) is 0. The molecule has 0 unspecified atom stereocenters. The summed E-state index contributed by atoms with van der Waals surface area (Å²) >= 11 is 5.93. The van der Waals surface area contributed by atoms with Crippen molar-refractivity contribution in [2.24, 2.45) is 0 Å². The summed E-state index contributed by atoms with van der Waals surface area (Å²) in [5.41, 5.74) is 3.21. The van der Waals surface area contributed by atoms with E-state index in [2.05, 4.69) is 16.2 Å². The van der Waals surface area contributed by atoms with Crippen molar-refractivity contribution >= 4 is 23.4 Å². The molecule has 2 aromatic carbocycles. The Morgan fingerprint density at radius 1 is 1.03 bits per heavy atom. The molecular formula is C25H20ClN5O3. The van der Waals surface area contributed by atoms with Crippen LogP contribution in [-0.2, 0) is 0 Å². The molecule has 170 valence electrons. The molecular weight excluding hydrogens is 454 g/mol. The smallest absolute Gasteiger partial charge is 0.276 e. The minimum Gasteiger partial charge on any atom is -0.419 e. The number of piperazine rings is 1. The number of aryl methyl sites for hydroxylation is 1. The van der Waals surface area contributed by atoms with Crippen molar-refractivity contribution in [2.45, 2.75) is 6.92 Å². The average molecular weight is 474 g/mol. The molecule has 0 bridgehead atoms. The van der Waals surface area contributed by atoms with Crippen molar-refractivity contribution in [2.75, 3.05) is 31.1 Å². The average Bonchev–Trinajstić information content (AvgIpc) is 3.53. The minimum absolute atomic E-state index is 0.206. The van der Waals surface area contributed by atoms with Gasteiger partial charge >= 0.3 is 0 Å². The van der Waals surface area contributed by atoms with Crippen molar-refractivity contribution in [1.82, 2.24) is 15.0 Å². The molecule has 9 heteroatoms. The normalized spacial score (nSPS) is 13.7. The van der Waals surface area contributed by atoms with Gasteiger partial charge in [0.1, 0.15) is 6.07 Å². The number of carbonyl (C=O) groups excluding carboxylic acids is 1. The fourth-order valence-electron chi connectivity index (χ4n) is 3.82. The molecule has 1 saturated heterocycles. The Hall–Kier alpha value is -4.09. The van der Waals surface area contributed by atoms with E-state index in [9.17, 15) is 10.1 Å². The van der Waals surface area contributed by atoms with Gasteiger partial charge in [-0.3, -0.25) is 4.79 Å². The van der Waals surface area contributed by atoms with E-state index in [4.69, 9.17) is 20.5 Å². The topological polar surface area (TPSA) is 99.4 Å².